The zero-order valence-electron chi connectivity index (χ0n) is 37.8. The van der Waals surface area contributed by atoms with Gasteiger partial charge in [-0.05, 0) is 68.8 Å². The Balaban J connectivity index is 0.000000273. The summed E-state index contributed by atoms with van der Waals surface area (Å²) in [5.41, 5.74) is 9.52. The molecule has 0 fully saturated rings. The first-order chi connectivity index (χ1) is 31.4. The first kappa shape index (κ1) is 38.3. The van der Waals surface area contributed by atoms with Gasteiger partial charge in [-0.25, -0.2) is 4.39 Å². The Morgan fingerprint density at radius 1 is 0.651 bits per heavy atom. The average molecular weight is 1030 g/mol. The van der Waals surface area contributed by atoms with Gasteiger partial charge < -0.3 is 9.55 Å². The van der Waals surface area contributed by atoms with E-state index in [1.54, 1.807) is 29.5 Å². The Morgan fingerprint density at radius 2 is 1.40 bits per heavy atom. The molecule has 11 rings (SSSR count). The number of rotatable bonds is 6. The number of fused-ring (bicyclic) bond motifs is 5. The number of hydrogen-bond donors (Lipinski definition) is 0. The van der Waals surface area contributed by atoms with E-state index < -0.39 is 14.9 Å². The van der Waals surface area contributed by atoms with Crippen LogP contribution in [0.4, 0.5) is 4.39 Å². The van der Waals surface area contributed by atoms with E-state index in [1.807, 2.05) is 121 Å². The van der Waals surface area contributed by atoms with Crippen LogP contribution in [0.25, 0.3) is 92.6 Å². The monoisotopic (exact) mass is 1030 g/mol. The van der Waals surface area contributed by atoms with Crippen LogP contribution in [-0.2, 0) is 20.1 Å². The molecule has 11 aromatic rings. The van der Waals surface area contributed by atoms with Crippen molar-refractivity contribution in [2.45, 2.75) is 26.5 Å². The number of halogens is 1. The quantitative estimate of drug-likeness (QED) is 0.123. The van der Waals surface area contributed by atoms with Gasteiger partial charge in [-0.2, -0.15) is 11.3 Å². The summed E-state index contributed by atoms with van der Waals surface area (Å²) in [6.45, 7) is 4.86. The van der Waals surface area contributed by atoms with Gasteiger partial charge in [-0.1, -0.05) is 151 Å². The van der Waals surface area contributed by atoms with Crippen LogP contribution in [0.3, 0.4) is 0 Å². The molecule has 1 radical (unpaired) electrons. The number of imidazole rings is 1. The predicted molar refractivity (Wildman–Crippen MR) is 263 cm³/mol. The molecule has 0 saturated heterocycles. The molecule has 0 amide bonds. The Bertz CT molecular complexity index is 3510. The van der Waals surface area contributed by atoms with E-state index in [1.165, 1.54) is 5.19 Å². The van der Waals surface area contributed by atoms with Crippen molar-refractivity contribution in [2.75, 3.05) is 0 Å². The molecular weight excluding hydrogens is 986 g/mol. The largest absolute Gasteiger partial charge is 0.332 e. The molecule has 0 atom stereocenters. The van der Waals surface area contributed by atoms with Gasteiger partial charge in [0.1, 0.15) is 5.82 Å². The van der Waals surface area contributed by atoms with Crippen LogP contribution < -0.4 is 5.19 Å². The molecule has 3 nitrogen and oxygen atoms in total. The van der Waals surface area contributed by atoms with Gasteiger partial charge >= 0.3 is 0 Å². The minimum atomic E-state index is -2.14. The summed E-state index contributed by atoms with van der Waals surface area (Å²) in [6, 6.07) is 63.8. The number of thiophene rings is 1. The summed E-state index contributed by atoms with van der Waals surface area (Å²) in [5, 5.41) is 4.96. The van der Waals surface area contributed by atoms with Gasteiger partial charge in [0.2, 0.25) is 0 Å². The smallest absolute Gasteiger partial charge is 0.131 e. The van der Waals surface area contributed by atoms with Crippen LogP contribution in [0.15, 0.2) is 182 Å². The average Bonchev–Trinajstić information content (AvgIpc) is 3.90. The van der Waals surface area contributed by atoms with Crippen LogP contribution in [0.2, 0.25) is 19.6 Å². The fourth-order valence-electron chi connectivity index (χ4n) is 8.11. The second kappa shape index (κ2) is 17.4. The van der Waals surface area contributed by atoms with E-state index >= 15 is 4.39 Å². The third kappa shape index (κ3) is 8.10. The van der Waals surface area contributed by atoms with E-state index in [2.05, 4.69) is 83.8 Å². The molecule has 0 saturated carbocycles. The Kier molecular flexibility index (Phi) is 10.6. The molecule has 0 aliphatic heterocycles. The summed E-state index contributed by atoms with van der Waals surface area (Å²) < 4.78 is 43.3. The Hall–Kier alpha value is -6.34. The van der Waals surface area contributed by atoms with E-state index in [0.717, 1.165) is 87.2 Å². The van der Waals surface area contributed by atoms with Crippen LogP contribution >= 0.6 is 11.3 Å². The number of hydrogen-bond acceptors (Lipinski definition) is 3. The van der Waals surface area contributed by atoms with Crippen LogP contribution in [0, 0.1) is 24.8 Å². The first-order valence-corrected chi connectivity index (χ1v) is 24.9. The van der Waals surface area contributed by atoms with E-state index in [4.69, 9.17) is 9.10 Å². The molecule has 309 valence electrons. The van der Waals surface area contributed by atoms with E-state index in [9.17, 15) is 0 Å². The van der Waals surface area contributed by atoms with Gasteiger partial charge in [0.15, 0.2) is 0 Å². The van der Waals surface area contributed by atoms with Crippen molar-refractivity contribution in [3.05, 3.63) is 206 Å². The zero-order valence-corrected chi connectivity index (χ0v) is 39.0. The van der Waals surface area contributed by atoms with Crippen LogP contribution in [0.5, 0.6) is 0 Å². The maximum absolute atomic E-state index is 15.8. The van der Waals surface area contributed by atoms with Crippen molar-refractivity contribution < 1.29 is 28.6 Å². The summed E-state index contributed by atoms with van der Waals surface area (Å²) >= 11 is 1.69. The van der Waals surface area contributed by atoms with Crippen LogP contribution in [0.1, 0.15) is 9.68 Å². The van der Waals surface area contributed by atoms with Gasteiger partial charge in [0.25, 0.3) is 0 Å². The third-order valence-corrected chi connectivity index (χ3v) is 14.5. The molecule has 63 heavy (non-hydrogen) atoms. The minimum Gasteiger partial charge on any atom is -0.332 e. The normalized spacial score (nSPS) is 12.3. The molecule has 0 N–H and O–H groups in total. The van der Waals surface area contributed by atoms with Crippen molar-refractivity contribution >= 4 is 66.6 Å². The third-order valence-electron chi connectivity index (χ3n) is 11.3. The Morgan fingerprint density at radius 3 is 2.14 bits per heavy atom. The SMILES string of the molecule is C[Si](C)(C)c1ccc(-c2[c-]cccc2)nc1.[2H]C([2H])([2H])c1ccc(-c2ccc3c(c2)sc2c(-c4nc5ccccc5n4-c4c(-c5ccccc5)cc(F)c5ccccc45)[c-]ccc23)cc1.[Ir]. The number of para-hydroxylation sites is 2. The molecular formula is C56H42FIrN3SSi-2. The van der Waals surface area contributed by atoms with Crippen molar-refractivity contribution in [1.82, 2.24) is 14.5 Å². The fourth-order valence-corrected chi connectivity index (χ4v) is 10.4. The van der Waals surface area contributed by atoms with Gasteiger partial charge in [0, 0.05) is 51.5 Å². The predicted octanol–water partition coefficient (Wildman–Crippen LogP) is 14.9. The van der Waals surface area contributed by atoms with Crippen LogP contribution in [-0.4, -0.2) is 22.6 Å². The summed E-state index contributed by atoms with van der Waals surface area (Å²) in [5.74, 6) is 0.457. The number of aromatic nitrogens is 3. The first-order valence-electron chi connectivity index (χ1n) is 22.1. The number of aryl methyl sites for hydroxylation is 1. The van der Waals surface area contributed by atoms with Crippen molar-refractivity contribution in [3.63, 3.8) is 0 Å². The molecule has 0 spiro atoms. The van der Waals surface area contributed by atoms with E-state index in [-0.39, 0.29) is 25.9 Å². The van der Waals surface area contributed by atoms with Gasteiger partial charge in [-0.3, -0.25) is 4.98 Å². The number of pyridine rings is 1. The second-order valence-electron chi connectivity index (χ2n) is 16.4. The number of nitrogens with zero attached hydrogens (tertiary/aromatic N) is 3. The molecule has 8 aromatic carbocycles. The topological polar surface area (TPSA) is 30.7 Å². The standard InChI is InChI=1S/C42H26FN2S.C14H16NSi.Ir/c1-26-18-20-27(21-19-26)29-22-23-31-33-14-9-15-34(41(33)46-39(31)24-29)42-44-37-16-7-8-17-38(37)45(42)40-32-13-6-5-12-30(32)36(43)25-35(40)28-10-3-2-4-11-28;1-16(2,3)13-9-10-14(15-11-13)12-7-5-4-6-8-12;/h2-14,16-25H,1H3;4-7,9-11H,1-3H3;/q2*-1;/i1D3;;. The molecule has 0 aliphatic carbocycles. The summed E-state index contributed by atoms with van der Waals surface area (Å²) in [7, 11) is -1.23. The van der Waals surface area contributed by atoms with Crippen molar-refractivity contribution in [2.24, 2.45) is 0 Å². The zero-order chi connectivity index (χ0) is 44.9. The molecule has 0 bridgehead atoms. The molecule has 3 heterocycles. The maximum atomic E-state index is 15.8. The van der Waals surface area contributed by atoms with Gasteiger partial charge in [-0.15, -0.1) is 54.1 Å². The fraction of sp³-hybridized carbons (Fsp3) is 0.0714. The summed E-state index contributed by atoms with van der Waals surface area (Å²) in [4.78, 5) is 9.75. The van der Waals surface area contributed by atoms with Gasteiger partial charge in [0.05, 0.1) is 30.6 Å². The summed E-state index contributed by atoms with van der Waals surface area (Å²) in [6.07, 6.45) is 2.02. The van der Waals surface area contributed by atoms with Crippen molar-refractivity contribution in [3.8, 4) is 50.6 Å². The number of benzene rings is 8. The molecule has 0 aliphatic rings. The molecule has 0 unspecified atom stereocenters. The minimum absolute atomic E-state index is 0. The molecule has 3 aromatic heterocycles. The molecule has 7 heteroatoms. The van der Waals surface area contributed by atoms with Crippen molar-refractivity contribution in [1.29, 1.82) is 0 Å². The second-order valence-corrected chi connectivity index (χ2v) is 22.5. The Labute approximate surface area is 390 Å². The van der Waals surface area contributed by atoms with E-state index in [0.29, 0.717) is 10.9 Å². The maximum Gasteiger partial charge on any atom is 0.131 e.